The maximum Gasteiger partial charge on any atom is 0.275 e. The van der Waals surface area contributed by atoms with Crippen LogP contribution in [-0.2, 0) is 6.54 Å². The molecular weight excluding hydrogens is 235 g/mol. The van der Waals surface area contributed by atoms with Crippen LogP contribution in [0, 0.1) is 5.82 Å². The summed E-state index contributed by atoms with van der Waals surface area (Å²) < 4.78 is 14.5. The Kier molecular flexibility index (Phi) is 3.36. The van der Waals surface area contributed by atoms with Gasteiger partial charge in [0.25, 0.3) is 5.91 Å². The predicted molar refractivity (Wildman–Crippen MR) is 63.5 cm³/mol. The second-order valence-electron chi connectivity index (χ2n) is 4.13. The third-order valence-electron chi connectivity index (χ3n) is 2.40. The van der Waals surface area contributed by atoms with Crippen molar-refractivity contribution in [2.45, 2.75) is 6.54 Å². The van der Waals surface area contributed by atoms with Crippen molar-refractivity contribution in [1.29, 1.82) is 0 Å². The highest BCUT2D eigenvalue weighted by Gasteiger charge is 2.12. The lowest BCUT2D eigenvalue weighted by Crippen LogP contribution is -2.21. The molecule has 1 amide bonds. The summed E-state index contributed by atoms with van der Waals surface area (Å²) in [6.45, 7) is 0.380. The van der Waals surface area contributed by atoms with Crippen molar-refractivity contribution < 1.29 is 9.18 Å². The van der Waals surface area contributed by atoms with Crippen molar-refractivity contribution in [3.05, 3.63) is 47.5 Å². The van der Waals surface area contributed by atoms with Crippen LogP contribution in [0.15, 0.2) is 30.5 Å². The van der Waals surface area contributed by atoms with E-state index >= 15 is 0 Å². The fraction of sp³-hybridized carbons (Fsp3) is 0.250. The van der Waals surface area contributed by atoms with E-state index in [0.717, 1.165) is 5.56 Å². The predicted octanol–water partition coefficient (Wildman–Crippen LogP) is 1.17. The zero-order valence-corrected chi connectivity index (χ0v) is 10.2. The molecule has 0 radical (unpaired) electrons. The lowest BCUT2D eigenvalue weighted by molar-refractivity contribution is 0.0822. The highest BCUT2D eigenvalue weighted by Crippen LogP contribution is 2.06. The molecule has 1 aromatic heterocycles. The molecule has 0 aliphatic rings. The topological polar surface area (TPSA) is 51.0 Å². The number of nitrogens with zero attached hydrogens (tertiary/aromatic N) is 4. The van der Waals surface area contributed by atoms with Crippen LogP contribution in [0.1, 0.15) is 16.1 Å². The Morgan fingerprint density at radius 2 is 2.22 bits per heavy atom. The number of hydrogen-bond donors (Lipinski definition) is 0. The number of hydrogen-bond acceptors (Lipinski definition) is 3. The van der Waals surface area contributed by atoms with Gasteiger partial charge in [-0.3, -0.25) is 4.79 Å². The fourth-order valence-corrected chi connectivity index (χ4v) is 1.53. The van der Waals surface area contributed by atoms with Gasteiger partial charge in [0.1, 0.15) is 5.82 Å². The molecule has 0 bridgehead atoms. The zero-order chi connectivity index (χ0) is 13.1. The Morgan fingerprint density at radius 1 is 1.44 bits per heavy atom. The Balaban J connectivity index is 2.14. The molecule has 6 heteroatoms. The highest BCUT2D eigenvalue weighted by atomic mass is 19.1. The molecule has 1 aromatic carbocycles. The SMILES string of the molecule is CN(C)C(=O)c1cn(Cc2cccc(F)c2)nn1. The van der Waals surface area contributed by atoms with Gasteiger partial charge in [-0.2, -0.15) is 0 Å². The molecule has 0 unspecified atom stereocenters. The zero-order valence-electron chi connectivity index (χ0n) is 10.2. The molecule has 0 saturated heterocycles. The first kappa shape index (κ1) is 12.2. The van der Waals surface area contributed by atoms with Gasteiger partial charge in [0, 0.05) is 14.1 Å². The monoisotopic (exact) mass is 248 g/mol. The summed E-state index contributed by atoms with van der Waals surface area (Å²) in [5.41, 5.74) is 1.04. The molecule has 0 fully saturated rings. The first-order valence-electron chi connectivity index (χ1n) is 5.42. The van der Waals surface area contributed by atoms with Crippen LogP contribution in [0.3, 0.4) is 0 Å². The van der Waals surface area contributed by atoms with Crippen molar-refractivity contribution >= 4 is 5.91 Å². The second kappa shape index (κ2) is 4.95. The first-order chi connectivity index (χ1) is 8.56. The van der Waals surface area contributed by atoms with E-state index in [1.165, 1.54) is 21.7 Å². The summed E-state index contributed by atoms with van der Waals surface area (Å²) in [4.78, 5) is 13.0. The van der Waals surface area contributed by atoms with Crippen LogP contribution in [-0.4, -0.2) is 39.9 Å². The lowest BCUT2D eigenvalue weighted by atomic mass is 10.2. The molecule has 0 aliphatic heterocycles. The van der Waals surface area contributed by atoms with Gasteiger partial charge in [0.05, 0.1) is 12.7 Å². The number of aromatic nitrogens is 3. The van der Waals surface area contributed by atoms with Gasteiger partial charge in [-0.05, 0) is 17.7 Å². The van der Waals surface area contributed by atoms with E-state index < -0.39 is 0 Å². The number of rotatable bonds is 3. The number of halogens is 1. The molecule has 18 heavy (non-hydrogen) atoms. The highest BCUT2D eigenvalue weighted by molar-refractivity contribution is 5.91. The van der Waals surface area contributed by atoms with Gasteiger partial charge >= 0.3 is 0 Å². The number of benzene rings is 1. The maximum absolute atomic E-state index is 13.0. The van der Waals surface area contributed by atoms with Crippen LogP contribution in [0.25, 0.3) is 0 Å². The van der Waals surface area contributed by atoms with Crippen LogP contribution in [0.5, 0.6) is 0 Å². The number of carbonyl (C=O) groups excluding carboxylic acids is 1. The molecule has 2 rings (SSSR count). The summed E-state index contributed by atoms with van der Waals surface area (Å²) in [6, 6.07) is 6.23. The van der Waals surface area contributed by atoms with E-state index in [1.807, 2.05) is 0 Å². The fourth-order valence-electron chi connectivity index (χ4n) is 1.53. The summed E-state index contributed by atoms with van der Waals surface area (Å²) in [5.74, 6) is -0.502. The standard InChI is InChI=1S/C12H13FN4O/c1-16(2)12(18)11-8-17(15-14-11)7-9-4-3-5-10(13)6-9/h3-6,8H,7H2,1-2H3. The van der Waals surface area contributed by atoms with Crippen molar-refractivity contribution in [2.75, 3.05) is 14.1 Å². The normalized spacial score (nSPS) is 10.4. The number of amides is 1. The van der Waals surface area contributed by atoms with E-state index in [-0.39, 0.29) is 17.4 Å². The molecule has 0 spiro atoms. The maximum atomic E-state index is 13.0. The van der Waals surface area contributed by atoms with E-state index in [2.05, 4.69) is 10.3 Å². The Bertz CT molecular complexity index is 565. The average Bonchev–Trinajstić information content (AvgIpc) is 2.76. The summed E-state index contributed by atoms with van der Waals surface area (Å²) in [6.07, 6.45) is 1.55. The van der Waals surface area contributed by atoms with Crippen LogP contribution >= 0.6 is 0 Å². The minimum absolute atomic E-state index is 0.208. The largest absolute Gasteiger partial charge is 0.343 e. The summed E-state index contributed by atoms with van der Waals surface area (Å²) >= 11 is 0. The molecule has 0 atom stereocenters. The van der Waals surface area contributed by atoms with Gasteiger partial charge in [-0.15, -0.1) is 5.10 Å². The summed E-state index contributed by atoms with van der Waals surface area (Å²) in [5, 5.41) is 7.63. The van der Waals surface area contributed by atoms with Gasteiger partial charge in [0.15, 0.2) is 5.69 Å². The van der Waals surface area contributed by atoms with Crippen molar-refractivity contribution in [2.24, 2.45) is 0 Å². The quantitative estimate of drug-likeness (QED) is 0.819. The van der Waals surface area contributed by atoms with E-state index in [9.17, 15) is 9.18 Å². The molecule has 0 saturated carbocycles. The van der Waals surface area contributed by atoms with Crippen LogP contribution in [0.4, 0.5) is 4.39 Å². The molecule has 1 heterocycles. The molecule has 2 aromatic rings. The minimum Gasteiger partial charge on any atom is -0.343 e. The van der Waals surface area contributed by atoms with Crippen LogP contribution < -0.4 is 0 Å². The van der Waals surface area contributed by atoms with Crippen molar-refractivity contribution in [1.82, 2.24) is 19.9 Å². The summed E-state index contributed by atoms with van der Waals surface area (Å²) in [7, 11) is 3.29. The Hall–Kier alpha value is -2.24. The third-order valence-corrected chi connectivity index (χ3v) is 2.40. The van der Waals surface area contributed by atoms with E-state index in [0.29, 0.717) is 6.54 Å². The lowest BCUT2D eigenvalue weighted by Gasteiger charge is -2.05. The van der Waals surface area contributed by atoms with Gasteiger partial charge < -0.3 is 4.90 Å². The van der Waals surface area contributed by atoms with Gasteiger partial charge in [0.2, 0.25) is 0 Å². The van der Waals surface area contributed by atoms with Crippen molar-refractivity contribution in [3.8, 4) is 0 Å². The molecule has 0 aliphatic carbocycles. The van der Waals surface area contributed by atoms with Crippen LogP contribution in [0.2, 0.25) is 0 Å². The van der Waals surface area contributed by atoms with Gasteiger partial charge in [-0.1, -0.05) is 17.3 Å². The van der Waals surface area contributed by atoms with Crippen molar-refractivity contribution in [3.63, 3.8) is 0 Å². The molecular formula is C12H13FN4O. The Morgan fingerprint density at radius 3 is 2.89 bits per heavy atom. The average molecular weight is 248 g/mol. The second-order valence-corrected chi connectivity index (χ2v) is 4.13. The van der Waals surface area contributed by atoms with E-state index in [1.54, 1.807) is 32.4 Å². The molecule has 0 N–H and O–H groups in total. The van der Waals surface area contributed by atoms with E-state index in [4.69, 9.17) is 0 Å². The Labute approximate surface area is 104 Å². The third kappa shape index (κ3) is 2.71. The smallest absolute Gasteiger partial charge is 0.275 e. The molecule has 5 nitrogen and oxygen atoms in total. The molecule has 94 valence electrons. The first-order valence-corrected chi connectivity index (χ1v) is 5.42. The minimum atomic E-state index is -0.294. The van der Waals surface area contributed by atoms with Gasteiger partial charge in [-0.25, -0.2) is 9.07 Å². The number of carbonyl (C=O) groups is 1.